The van der Waals surface area contributed by atoms with E-state index in [9.17, 15) is 4.79 Å². The van der Waals surface area contributed by atoms with E-state index in [0.717, 1.165) is 54.8 Å². The molecule has 6 heteroatoms. The summed E-state index contributed by atoms with van der Waals surface area (Å²) >= 11 is 3.63. The van der Waals surface area contributed by atoms with Crippen molar-refractivity contribution in [3.63, 3.8) is 0 Å². The molecule has 0 saturated carbocycles. The molecule has 1 atom stereocenters. The van der Waals surface area contributed by atoms with Gasteiger partial charge in [0.2, 0.25) is 5.91 Å². The second kappa shape index (κ2) is 9.03. The average Bonchev–Trinajstić information content (AvgIpc) is 3.29. The fourth-order valence-electron chi connectivity index (χ4n) is 4.75. The van der Waals surface area contributed by atoms with Crippen LogP contribution in [0.3, 0.4) is 0 Å². The number of hydrazone groups is 1. The van der Waals surface area contributed by atoms with Crippen molar-refractivity contribution in [1.82, 2.24) is 9.99 Å². The molecule has 4 aromatic rings. The molecule has 5 rings (SSSR count). The highest BCUT2D eigenvalue weighted by Crippen LogP contribution is 2.41. The van der Waals surface area contributed by atoms with Crippen molar-refractivity contribution in [2.45, 2.75) is 26.3 Å². The third-order valence-corrected chi connectivity index (χ3v) is 6.70. The Balaban J connectivity index is 1.74. The third-order valence-electron chi connectivity index (χ3n) is 6.21. The molecule has 0 aliphatic carbocycles. The van der Waals surface area contributed by atoms with Crippen molar-refractivity contribution in [3.05, 3.63) is 94.1 Å². The van der Waals surface area contributed by atoms with Crippen LogP contribution in [0.25, 0.3) is 22.0 Å². The highest BCUT2D eigenvalue weighted by molar-refractivity contribution is 9.10. The number of para-hydroxylation sites is 1. The lowest BCUT2D eigenvalue weighted by Crippen LogP contribution is -2.24. The summed E-state index contributed by atoms with van der Waals surface area (Å²) in [7, 11) is 1.65. The first-order valence-electron chi connectivity index (χ1n) is 11.1. The van der Waals surface area contributed by atoms with Crippen molar-refractivity contribution in [2.24, 2.45) is 5.10 Å². The fraction of sp³-hybridized carbons (Fsp3) is 0.179. The lowest BCUT2D eigenvalue weighted by atomic mass is 9.89. The van der Waals surface area contributed by atoms with Gasteiger partial charge in [0, 0.05) is 45.6 Å². The molecular weight excluding hydrogens is 490 g/mol. The highest BCUT2D eigenvalue weighted by Gasteiger charge is 2.35. The molecule has 2 heterocycles. The molecule has 0 N–H and O–H groups in total. The molecule has 1 unspecified atom stereocenters. The largest absolute Gasteiger partial charge is 0.496 e. The zero-order valence-electron chi connectivity index (χ0n) is 19.2. The number of methoxy groups -OCH3 is 1. The van der Waals surface area contributed by atoms with Gasteiger partial charge in [-0.3, -0.25) is 9.78 Å². The molecule has 34 heavy (non-hydrogen) atoms. The smallest absolute Gasteiger partial charge is 0.240 e. The van der Waals surface area contributed by atoms with Crippen LogP contribution in [0.15, 0.2) is 82.4 Å². The van der Waals surface area contributed by atoms with E-state index in [0.29, 0.717) is 6.42 Å². The zero-order valence-corrected chi connectivity index (χ0v) is 20.8. The molecule has 0 fully saturated rings. The van der Waals surface area contributed by atoms with Gasteiger partial charge in [0.25, 0.3) is 0 Å². The van der Waals surface area contributed by atoms with E-state index in [4.69, 9.17) is 14.8 Å². The summed E-state index contributed by atoms with van der Waals surface area (Å²) in [5.41, 5.74) is 6.73. The number of amides is 1. The summed E-state index contributed by atoms with van der Waals surface area (Å²) < 4.78 is 6.59. The van der Waals surface area contributed by atoms with Crippen LogP contribution in [0.4, 0.5) is 0 Å². The summed E-state index contributed by atoms with van der Waals surface area (Å²) in [4.78, 5) is 17.6. The second-order valence-electron chi connectivity index (χ2n) is 8.35. The Morgan fingerprint density at radius 3 is 2.50 bits per heavy atom. The van der Waals surface area contributed by atoms with Gasteiger partial charge in [-0.25, -0.2) is 5.01 Å². The first-order valence-corrected chi connectivity index (χ1v) is 11.9. The zero-order chi connectivity index (χ0) is 23.8. The van der Waals surface area contributed by atoms with Gasteiger partial charge >= 0.3 is 0 Å². The number of carbonyl (C=O) groups excluding carboxylic acids is 1. The van der Waals surface area contributed by atoms with E-state index in [1.54, 1.807) is 19.0 Å². The first kappa shape index (κ1) is 22.3. The van der Waals surface area contributed by atoms with Crippen LogP contribution in [0, 0.1) is 6.92 Å². The lowest BCUT2D eigenvalue weighted by molar-refractivity contribution is -0.130. The summed E-state index contributed by atoms with van der Waals surface area (Å²) in [6.45, 7) is 3.57. The van der Waals surface area contributed by atoms with E-state index in [1.807, 2.05) is 61.5 Å². The normalized spacial score (nSPS) is 15.5. The molecule has 0 spiro atoms. The van der Waals surface area contributed by atoms with Crippen LogP contribution in [-0.4, -0.2) is 28.7 Å². The maximum absolute atomic E-state index is 12.7. The monoisotopic (exact) mass is 513 g/mol. The van der Waals surface area contributed by atoms with Gasteiger partial charge in [0.1, 0.15) is 5.75 Å². The summed E-state index contributed by atoms with van der Waals surface area (Å²) in [6, 6.07) is 24.0. The predicted octanol–water partition coefficient (Wildman–Crippen LogP) is 6.68. The molecule has 0 saturated heterocycles. The van der Waals surface area contributed by atoms with E-state index < -0.39 is 0 Å². The van der Waals surface area contributed by atoms with Gasteiger partial charge in [-0.15, -0.1) is 0 Å². The van der Waals surface area contributed by atoms with Crippen LogP contribution in [0.1, 0.15) is 36.2 Å². The summed E-state index contributed by atoms with van der Waals surface area (Å²) in [6.07, 6.45) is 0.571. The first-order chi connectivity index (χ1) is 16.5. The number of pyridine rings is 1. The molecule has 1 aliphatic rings. The minimum Gasteiger partial charge on any atom is -0.496 e. The van der Waals surface area contributed by atoms with E-state index in [1.165, 1.54) is 0 Å². The average molecular weight is 514 g/mol. The minimum absolute atomic E-state index is 0.110. The van der Waals surface area contributed by atoms with Gasteiger partial charge in [-0.1, -0.05) is 64.5 Å². The Morgan fingerprint density at radius 1 is 1.03 bits per heavy atom. The number of rotatable bonds is 4. The van der Waals surface area contributed by atoms with Gasteiger partial charge < -0.3 is 4.74 Å². The number of aromatic nitrogens is 1. The molecule has 0 bridgehead atoms. The number of aryl methyl sites for hydroxylation is 1. The molecule has 5 nitrogen and oxygen atoms in total. The molecule has 1 aliphatic heterocycles. The molecule has 1 aromatic heterocycles. The number of nitrogens with zero attached hydrogens (tertiary/aromatic N) is 3. The number of hydrogen-bond donors (Lipinski definition) is 0. The maximum atomic E-state index is 12.7. The van der Waals surface area contributed by atoms with Crippen molar-refractivity contribution in [1.29, 1.82) is 0 Å². The molecule has 3 aromatic carbocycles. The fourth-order valence-corrected chi connectivity index (χ4v) is 5.11. The number of hydrogen-bond acceptors (Lipinski definition) is 4. The number of halogens is 1. The second-order valence-corrected chi connectivity index (χ2v) is 9.26. The highest BCUT2D eigenvalue weighted by atomic mass is 79.9. The molecular formula is C28H24BrN3O2. The Labute approximate surface area is 207 Å². The topological polar surface area (TPSA) is 54.8 Å². The van der Waals surface area contributed by atoms with Gasteiger partial charge in [-0.2, -0.15) is 5.10 Å². The van der Waals surface area contributed by atoms with Crippen LogP contribution in [0.2, 0.25) is 0 Å². The van der Waals surface area contributed by atoms with E-state index in [2.05, 4.69) is 34.1 Å². The number of fused-ring (bicyclic) bond motifs is 1. The number of ether oxygens (including phenoxy) is 1. The lowest BCUT2D eigenvalue weighted by Gasteiger charge is -2.22. The van der Waals surface area contributed by atoms with Crippen molar-refractivity contribution in [2.75, 3.05) is 7.11 Å². The summed E-state index contributed by atoms with van der Waals surface area (Å²) in [5.74, 6) is 0.636. The Bertz CT molecular complexity index is 1430. The van der Waals surface area contributed by atoms with Crippen LogP contribution >= 0.6 is 15.9 Å². The van der Waals surface area contributed by atoms with Crippen LogP contribution in [-0.2, 0) is 4.79 Å². The van der Waals surface area contributed by atoms with E-state index >= 15 is 0 Å². The Hall–Kier alpha value is -3.51. The Morgan fingerprint density at radius 2 is 1.76 bits per heavy atom. The van der Waals surface area contributed by atoms with Gasteiger partial charge in [0.15, 0.2) is 0 Å². The quantitative estimate of drug-likeness (QED) is 0.305. The molecule has 170 valence electrons. The Kier molecular flexibility index (Phi) is 5.92. The van der Waals surface area contributed by atoms with Crippen LogP contribution in [0.5, 0.6) is 5.75 Å². The number of benzene rings is 3. The molecule has 1 amide bonds. The standard InChI is InChI=1S/C28H24BrN3O2/c1-17-27(24-16-25(32(31-24)18(2)33)21-11-7-8-12-26(21)34-3)28(19-9-5-4-6-10-19)22-15-20(29)13-14-23(22)30-17/h4-15,25H,16H2,1-3H3. The number of carbonyl (C=O) groups is 1. The molecule has 0 radical (unpaired) electrons. The van der Waals surface area contributed by atoms with E-state index in [-0.39, 0.29) is 11.9 Å². The minimum atomic E-state index is -0.245. The van der Waals surface area contributed by atoms with Crippen molar-refractivity contribution >= 4 is 38.5 Å². The van der Waals surface area contributed by atoms with Crippen molar-refractivity contribution < 1.29 is 9.53 Å². The van der Waals surface area contributed by atoms with Crippen molar-refractivity contribution in [3.8, 4) is 16.9 Å². The maximum Gasteiger partial charge on any atom is 0.240 e. The van der Waals surface area contributed by atoms with Gasteiger partial charge in [-0.05, 0) is 36.8 Å². The predicted molar refractivity (Wildman–Crippen MR) is 139 cm³/mol. The van der Waals surface area contributed by atoms with Gasteiger partial charge in [0.05, 0.1) is 24.4 Å². The SMILES string of the molecule is COc1ccccc1C1CC(c2c(C)nc3ccc(Br)cc3c2-c2ccccc2)=NN1C(C)=O. The summed E-state index contributed by atoms with van der Waals surface area (Å²) in [5, 5.41) is 7.48. The third kappa shape index (κ3) is 3.88. The van der Waals surface area contributed by atoms with Crippen LogP contribution < -0.4 is 4.74 Å².